The molecule has 1 heterocycles. The molecular formula is C21H20Cl2N2O3. The van der Waals surface area contributed by atoms with Gasteiger partial charge in [0.25, 0.3) is 0 Å². The van der Waals surface area contributed by atoms with E-state index in [-0.39, 0.29) is 12.5 Å². The van der Waals surface area contributed by atoms with E-state index in [2.05, 4.69) is 5.32 Å². The van der Waals surface area contributed by atoms with Crippen molar-refractivity contribution in [3.63, 3.8) is 0 Å². The Balaban J connectivity index is 1.75. The molecule has 0 aliphatic heterocycles. The van der Waals surface area contributed by atoms with Gasteiger partial charge in [-0.15, -0.1) is 0 Å². The number of amides is 1. The van der Waals surface area contributed by atoms with Crippen molar-refractivity contribution in [2.75, 3.05) is 18.9 Å². The van der Waals surface area contributed by atoms with Crippen molar-refractivity contribution in [2.45, 2.75) is 20.4 Å². The summed E-state index contributed by atoms with van der Waals surface area (Å²) in [6, 6.07) is 10.3. The average Bonchev–Trinajstić information content (AvgIpc) is 2.61. The minimum atomic E-state index is -0.398. The molecule has 0 spiro atoms. The molecule has 5 nitrogen and oxygen atoms in total. The summed E-state index contributed by atoms with van der Waals surface area (Å²) >= 11 is 11.9. The monoisotopic (exact) mass is 418 g/mol. The van der Waals surface area contributed by atoms with E-state index in [0.717, 1.165) is 22.1 Å². The van der Waals surface area contributed by atoms with E-state index in [9.17, 15) is 9.59 Å². The minimum absolute atomic E-state index is 0.146. The zero-order valence-corrected chi connectivity index (χ0v) is 17.3. The molecule has 1 N–H and O–H groups in total. The third kappa shape index (κ3) is 4.55. The van der Waals surface area contributed by atoms with E-state index < -0.39 is 5.63 Å². The van der Waals surface area contributed by atoms with Gasteiger partial charge in [0.1, 0.15) is 5.58 Å². The number of likely N-dealkylation sites (N-methyl/N-ethyl adjacent to an activating group) is 1. The number of aryl methyl sites for hydroxylation is 2. The Morgan fingerprint density at radius 1 is 1.11 bits per heavy atom. The number of fused-ring (bicyclic) bond motifs is 1. The number of anilines is 1. The van der Waals surface area contributed by atoms with Crippen LogP contribution in [0, 0.1) is 13.8 Å². The standard InChI is InChI=1S/C21H20Cl2N2O3/c1-12-4-6-16-14(8-20(27)28-21(16)13(12)2)10-25(3)11-19(26)24-15-5-7-17(22)18(23)9-15/h4-9H,10-11H2,1-3H3,(H,24,26). The van der Waals surface area contributed by atoms with Gasteiger partial charge >= 0.3 is 5.63 Å². The quantitative estimate of drug-likeness (QED) is 0.605. The molecule has 0 saturated carbocycles. The van der Waals surface area contributed by atoms with Gasteiger partial charge in [-0.05, 0) is 55.8 Å². The maximum absolute atomic E-state index is 12.3. The fraction of sp³-hybridized carbons (Fsp3) is 0.238. The lowest BCUT2D eigenvalue weighted by atomic mass is 10.0. The number of rotatable bonds is 5. The maximum Gasteiger partial charge on any atom is 0.336 e. The van der Waals surface area contributed by atoms with Crippen LogP contribution in [0.4, 0.5) is 5.69 Å². The van der Waals surface area contributed by atoms with Gasteiger partial charge in [-0.25, -0.2) is 4.79 Å². The lowest BCUT2D eigenvalue weighted by Gasteiger charge is -2.18. The van der Waals surface area contributed by atoms with Crippen LogP contribution in [0.15, 0.2) is 45.6 Å². The van der Waals surface area contributed by atoms with Crippen molar-refractivity contribution in [3.05, 3.63) is 73.6 Å². The van der Waals surface area contributed by atoms with E-state index in [1.807, 2.05) is 37.9 Å². The topological polar surface area (TPSA) is 62.6 Å². The summed E-state index contributed by atoms with van der Waals surface area (Å²) in [4.78, 5) is 26.1. The Kier molecular flexibility index (Phi) is 6.08. The van der Waals surface area contributed by atoms with Crippen LogP contribution < -0.4 is 10.9 Å². The first-order chi connectivity index (χ1) is 13.2. The molecule has 0 saturated heterocycles. The zero-order chi connectivity index (χ0) is 20.4. The zero-order valence-electron chi connectivity index (χ0n) is 15.8. The normalized spacial score (nSPS) is 11.2. The van der Waals surface area contributed by atoms with Crippen molar-refractivity contribution in [2.24, 2.45) is 0 Å². The molecule has 2 aromatic carbocycles. The molecule has 7 heteroatoms. The van der Waals surface area contributed by atoms with Crippen molar-refractivity contribution >= 4 is 45.8 Å². The fourth-order valence-electron chi connectivity index (χ4n) is 3.02. The second-order valence-corrected chi connectivity index (χ2v) is 7.64. The Hall–Kier alpha value is -2.34. The molecule has 0 fully saturated rings. The molecule has 0 atom stereocenters. The van der Waals surface area contributed by atoms with Gasteiger partial charge in [0, 0.05) is 23.7 Å². The summed E-state index contributed by atoms with van der Waals surface area (Å²) in [5.41, 5.74) is 3.59. The van der Waals surface area contributed by atoms with Crippen molar-refractivity contribution in [1.82, 2.24) is 4.90 Å². The lowest BCUT2D eigenvalue weighted by Crippen LogP contribution is -2.30. The van der Waals surface area contributed by atoms with Crippen LogP contribution in [-0.2, 0) is 11.3 Å². The van der Waals surface area contributed by atoms with Gasteiger partial charge < -0.3 is 9.73 Å². The number of nitrogens with zero attached hydrogens (tertiary/aromatic N) is 1. The first kappa shape index (κ1) is 20.4. The third-order valence-corrected chi connectivity index (χ3v) is 5.31. The van der Waals surface area contributed by atoms with Gasteiger partial charge in [0.15, 0.2) is 0 Å². The van der Waals surface area contributed by atoms with E-state index in [0.29, 0.717) is 27.9 Å². The Bertz CT molecular complexity index is 1110. The molecule has 3 aromatic rings. The van der Waals surface area contributed by atoms with E-state index in [1.165, 1.54) is 6.07 Å². The number of hydrogen-bond donors (Lipinski definition) is 1. The summed E-state index contributed by atoms with van der Waals surface area (Å²) in [5, 5.41) is 4.47. The predicted octanol–water partition coefficient (Wildman–Crippen LogP) is 4.79. The highest BCUT2D eigenvalue weighted by molar-refractivity contribution is 6.42. The second-order valence-electron chi connectivity index (χ2n) is 6.82. The highest BCUT2D eigenvalue weighted by Crippen LogP contribution is 2.25. The first-order valence-electron chi connectivity index (χ1n) is 8.71. The summed E-state index contributed by atoms with van der Waals surface area (Å²) < 4.78 is 5.40. The molecule has 0 aliphatic carbocycles. The molecule has 0 bridgehead atoms. The van der Waals surface area contributed by atoms with Crippen LogP contribution in [0.25, 0.3) is 11.0 Å². The van der Waals surface area contributed by atoms with E-state index in [4.69, 9.17) is 27.6 Å². The molecule has 146 valence electrons. The highest BCUT2D eigenvalue weighted by Gasteiger charge is 2.13. The van der Waals surface area contributed by atoms with Crippen LogP contribution in [-0.4, -0.2) is 24.4 Å². The van der Waals surface area contributed by atoms with Crippen LogP contribution >= 0.6 is 23.2 Å². The summed E-state index contributed by atoms with van der Waals surface area (Å²) in [7, 11) is 1.82. The molecule has 28 heavy (non-hydrogen) atoms. The number of halogens is 2. The lowest BCUT2D eigenvalue weighted by molar-refractivity contribution is -0.117. The molecule has 1 amide bonds. The molecule has 0 radical (unpaired) electrons. The van der Waals surface area contributed by atoms with Crippen LogP contribution in [0.5, 0.6) is 0 Å². The SMILES string of the molecule is Cc1ccc2c(CN(C)CC(=O)Nc3ccc(Cl)c(Cl)c3)cc(=O)oc2c1C. The largest absolute Gasteiger partial charge is 0.422 e. The Morgan fingerprint density at radius 3 is 2.57 bits per heavy atom. The number of nitrogens with one attached hydrogen (secondary N) is 1. The average molecular weight is 419 g/mol. The van der Waals surface area contributed by atoms with Crippen LogP contribution in [0.3, 0.4) is 0 Å². The molecule has 1 aromatic heterocycles. The van der Waals surface area contributed by atoms with E-state index in [1.54, 1.807) is 18.2 Å². The van der Waals surface area contributed by atoms with Gasteiger partial charge in [-0.3, -0.25) is 9.69 Å². The third-order valence-electron chi connectivity index (χ3n) is 4.57. The minimum Gasteiger partial charge on any atom is -0.422 e. The number of hydrogen-bond acceptors (Lipinski definition) is 4. The van der Waals surface area contributed by atoms with Gasteiger partial charge in [-0.1, -0.05) is 35.3 Å². The molecular weight excluding hydrogens is 399 g/mol. The van der Waals surface area contributed by atoms with Crippen molar-refractivity contribution in [3.8, 4) is 0 Å². The van der Waals surface area contributed by atoms with Gasteiger partial charge in [-0.2, -0.15) is 0 Å². The second kappa shape index (κ2) is 8.35. The number of carbonyl (C=O) groups excluding carboxylic acids is 1. The predicted molar refractivity (Wildman–Crippen MR) is 113 cm³/mol. The van der Waals surface area contributed by atoms with Crippen molar-refractivity contribution < 1.29 is 9.21 Å². The van der Waals surface area contributed by atoms with Crippen LogP contribution in [0.2, 0.25) is 10.0 Å². The Morgan fingerprint density at radius 2 is 1.86 bits per heavy atom. The number of benzene rings is 2. The summed E-state index contributed by atoms with van der Waals surface area (Å²) in [6.45, 7) is 4.48. The van der Waals surface area contributed by atoms with Gasteiger partial charge in [0.2, 0.25) is 5.91 Å². The maximum atomic E-state index is 12.3. The fourth-order valence-corrected chi connectivity index (χ4v) is 3.32. The molecule has 0 unspecified atom stereocenters. The number of carbonyl (C=O) groups is 1. The summed E-state index contributed by atoms with van der Waals surface area (Å²) in [6.07, 6.45) is 0. The Labute approximate surface area is 172 Å². The van der Waals surface area contributed by atoms with E-state index >= 15 is 0 Å². The molecule has 3 rings (SSSR count). The van der Waals surface area contributed by atoms with Crippen molar-refractivity contribution in [1.29, 1.82) is 0 Å². The van der Waals surface area contributed by atoms with Gasteiger partial charge in [0.05, 0.1) is 16.6 Å². The first-order valence-corrected chi connectivity index (χ1v) is 9.46. The highest BCUT2D eigenvalue weighted by atomic mass is 35.5. The summed E-state index contributed by atoms with van der Waals surface area (Å²) in [5.74, 6) is -0.194. The van der Waals surface area contributed by atoms with Crippen LogP contribution in [0.1, 0.15) is 16.7 Å². The smallest absolute Gasteiger partial charge is 0.336 e. The molecule has 0 aliphatic rings.